The average molecular weight is 274 g/mol. The Labute approximate surface area is 120 Å². The predicted molar refractivity (Wildman–Crippen MR) is 78.0 cm³/mol. The quantitative estimate of drug-likeness (QED) is 0.784. The summed E-state index contributed by atoms with van der Waals surface area (Å²) in [5.41, 5.74) is 0.657. The van der Waals surface area contributed by atoms with E-state index in [0.717, 1.165) is 12.8 Å². The Balaban J connectivity index is 1.73. The Morgan fingerprint density at radius 3 is 2.25 bits per heavy atom. The third-order valence-corrected chi connectivity index (χ3v) is 4.79. The van der Waals surface area contributed by atoms with Gasteiger partial charge in [0, 0.05) is 44.5 Å². The van der Waals surface area contributed by atoms with E-state index in [-0.39, 0.29) is 11.7 Å². The maximum absolute atomic E-state index is 12.6. The van der Waals surface area contributed by atoms with Crippen LogP contribution in [-0.2, 0) is 0 Å². The SMILES string of the molecule is CN(C)c1ncc(C(=O)C2CC3CCC(C2)N3C)cn1. The van der Waals surface area contributed by atoms with Crippen LogP contribution >= 0.6 is 0 Å². The fourth-order valence-corrected chi connectivity index (χ4v) is 3.54. The molecule has 2 aliphatic heterocycles. The van der Waals surface area contributed by atoms with Gasteiger partial charge < -0.3 is 9.80 Å². The second kappa shape index (κ2) is 5.13. The van der Waals surface area contributed by atoms with E-state index in [1.54, 1.807) is 12.4 Å². The molecule has 1 aromatic rings. The highest BCUT2D eigenvalue weighted by atomic mass is 16.1. The summed E-state index contributed by atoms with van der Waals surface area (Å²) in [4.78, 5) is 25.4. The normalized spacial score (nSPS) is 29.4. The molecular formula is C15H22N4O. The van der Waals surface area contributed by atoms with Crippen LogP contribution in [-0.4, -0.2) is 53.9 Å². The molecule has 108 valence electrons. The van der Waals surface area contributed by atoms with Crippen LogP contribution in [0.1, 0.15) is 36.0 Å². The molecule has 3 heterocycles. The lowest BCUT2D eigenvalue weighted by atomic mass is 9.86. The van der Waals surface area contributed by atoms with E-state index in [4.69, 9.17) is 0 Å². The number of fused-ring (bicyclic) bond motifs is 2. The minimum atomic E-state index is 0.150. The average Bonchev–Trinajstić information content (AvgIpc) is 2.68. The van der Waals surface area contributed by atoms with Gasteiger partial charge in [0.05, 0.1) is 5.56 Å². The molecule has 2 fully saturated rings. The first kappa shape index (κ1) is 13.5. The third-order valence-electron chi connectivity index (χ3n) is 4.79. The summed E-state index contributed by atoms with van der Waals surface area (Å²) in [6.07, 6.45) is 7.79. The number of ketones is 1. The summed E-state index contributed by atoms with van der Waals surface area (Å²) in [6, 6.07) is 1.18. The number of carbonyl (C=O) groups excluding carboxylic acids is 1. The van der Waals surface area contributed by atoms with Gasteiger partial charge >= 0.3 is 0 Å². The van der Waals surface area contributed by atoms with Crippen molar-refractivity contribution in [3.8, 4) is 0 Å². The molecular weight excluding hydrogens is 252 g/mol. The zero-order valence-electron chi connectivity index (χ0n) is 12.4. The number of anilines is 1. The summed E-state index contributed by atoms with van der Waals surface area (Å²) in [5, 5.41) is 0. The largest absolute Gasteiger partial charge is 0.347 e. The maximum Gasteiger partial charge on any atom is 0.224 e. The van der Waals surface area contributed by atoms with Gasteiger partial charge in [0.2, 0.25) is 5.95 Å². The number of hydrogen-bond acceptors (Lipinski definition) is 5. The first-order valence-electron chi connectivity index (χ1n) is 7.31. The second-order valence-corrected chi connectivity index (χ2v) is 6.25. The molecule has 5 heteroatoms. The van der Waals surface area contributed by atoms with Gasteiger partial charge in [-0.3, -0.25) is 4.79 Å². The van der Waals surface area contributed by atoms with Crippen LogP contribution in [0.25, 0.3) is 0 Å². The molecule has 2 saturated heterocycles. The van der Waals surface area contributed by atoms with Crippen LogP contribution in [0, 0.1) is 5.92 Å². The molecule has 2 aliphatic rings. The van der Waals surface area contributed by atoms with E-state index in [0.29, 0.717) is 23.6 Å². The molecule has 0 aromatic carbocycles. The summed E-state index contributed by atoms with van der Waals surface area (Å²) in [5.74, 6) is 1.02. The van der Waals surface area contributed by atoms with Gasteiger partial charge in [0.15, 0.2) is 5.78 Å². The van der Waals surface area contributed by atoms with Gasteiger partial charge in [-0.1, -0.05) is 0 Å². The molecule has 0 aliphatic carbocycles. The monoisotopic (exact) mass is 274 g/mol. The molecule has 2 bridgehead atoms. The summed E-state index contributed by atoms with van der Waals surface area (Å²) >= 11 is 0. The Morgan fingerprint density at radius 1 is 1.20 bits per heavy atom. The molecule has 2 atom stereocenters. The van der Waals surface area contributed by atoms with Gasteiger partial charge in [-0.05, 0) is 32.7 Å². The number of nitrogens with zero attached hydrogens (tertiary/aromatic N) is 4. The van der Waals surface area contributed by atoms with E-state index in [1.807, 2.05) is 19.0 Å². The Morgan fingerprint density at radius 2 is 1.75 bits per heavy atom. The van der Waals surface area contributed by atoms with Crippen LogP contribution in [0.4, 0.5) is 5.95 Å². The van der Waals surface area contributed by atoms with Crippen LogP contribution in [0.2, 0.25) is 0 Å². The first-order valence-corrected chi connectivity index (χ1v) is 7.31. The van der Waals surface area contributed by atoms with Crippen molar-refractivity contribution in [3.63, 3.8) is 0 Å². The Kier molecular flexibility index (Phi) is 3.46. The van der Waals surface area contributed by atoms with Gasteiger partial charge in [-0.25, -0.2) is 9.97 Å². The standard InChI is InChI=1S/C15H22N4O/c1-18(2)15-16-8-11(9-17-15)14(20)10-6-12-4-5-13(7-10)19(12)3/h8-10,12-13H,4-7H2,1-3H3. The van der Waals surface area contributed by atoms with E-state index in [1.165, 1.54) is 12.8 Å². The fraction of sp³-hybridized carbons (Fsp3) is 0.667. The van der Waals surface area contributed by atoms with Crippen molar-refractivity contribution >= 4 is 11.7 Å². The van der Waals surface area contributed by atoms with Crippen molar-refractivity contribution in [2.24, 2.45) is 5.92 Å². The molecule has 1 aromatic heterocycles. The lowest BCUT2D eigenvalue weighted by molar-refractivity contribution is 0.0766. The highest BCUT2D eigenvalue weighted by Crippen LogP contribution is 2.38. The number of piperidine rings is 1. The number of hydrogen-bond donors (Lipinski definition) is 0. The van der Waals surface area contributed by atoms with E-state index < -0.39 is 0 Å². The van der Waals surface area contributed by atoms with Gasteiger partial charge in [-0.2, -0.15) is 0 Å². The molecule has 2 unspecified atom stereocenters. The van der Waals surface area contributed by atoms with E-state index >= 15 is 0 Å². The lowest BCUT2D eigenvalue weighted by Crippen LogP contribution is -2.42. The van der Waals surface area contributed by atoms with Crippen LogP contribution in [0.3, 0.4) is 0 Å². The number of carbonyl (C=O) groups is 1. The lowest BCUT2D eigenvalue weighted by Gasteiger charge is -2.35. The first-order chi connectivity index (χ1) is 9.56. The molecule has 3 rings (SSSR count). The highest BCUT2D eigenvalue weighted by Gasteiger charge is 2.41. The number of aromatic nitrogens is 2. The molecule has 5 nitrogen and oxygen atoms in total. The summed E-state index contributed by atoms with van der Waals surface area (Å²) in [6.45, 7) is 0. The summed E-state index contributed by atoms with van der Waals surface area (Å²) < 4.78 is 0. The topological polar surface area (TPSA) is 49.3 Å². The predicted octanol–water partition coefficient (Wildman–Crippen LogP) is 1.60. The Hall–Kier alpha value is -1.49. The maximum atomic E-state index is 12.6. The van der Waals surface area contributed by atoms with E-state index in [9.17, 15) is 4.79 Å². The molecule has 0 radical (unpaired) electrons. The smallest absolute Gasteiger partial charge is 0.224 e. The van der Waals surface area contributed by atoms with Crippen molar-refractivity contribution in [3.05, 3.63) is 18.0 Å². The minimum absolute atomic E-state index is 0.150. The molecule has 0 spiro atoms. The van der Waals surface area contributed by atoms with Gasteiger partial charge in [0.1, 0.15) is 0 Å². The van der Waals surface area contributed by atoms with Crippen molar-refractivity contribution < 1.29 is 4.79 Å². The van der Waals surface area contributed by atoms with Crippen LogP contribution in [0.15, 0.2) is 12.4 Å². The van der Waals surface area contributed by atoms with Crippen molar-refractivity contribution in [2.75, 3.05) is 26.0 Å². The van der Waals surface area contributed by atoms with Crippen LogP contribution < -0.4 is 4.90 Å². The zero-order chi connectivity index (χ0) is 14.3. The van der Waals surface area contributed by atoms with Gasteiger partial charge in [0.25, 0.3) is 0 Å². The third kappa shape index (κ3) is 2.30. The van der Waals surface area contributed by atoms with Crippen molar-refractivity contribution in [2.45, 2.75) is 37.8 Å². The Bertz CT molecular complexity index is 485. The number of Topliss-reactive ketones (excluding diaryl/α,β-unsaturated/α-hetero) is 1. The highest BCUT2D eigenvalue weighted by molar-refractivity contribution is 5.97. The number of rotatable bonds is 3. The fourth-order valence-electron chi connectivity index (χ4n) is 3.54. The van der Waals surface area contributed by atoms with Gasteiger partial charge in [-0.15, -0.1) is 0 Å². The molecule has 20 heavy (non-hydrogen) atoms. The van der Waals surface area contributed by atoms with Crippen molar-refractivity contribution in [1.29, 1.82) is 0 Å². The molecule has 0 amide bonds. The van der Waals surface area contributed by atoms with Crippen LogP contribution in [0.5, 0.6) is 0 Å². The van der Waals surface area contributed by atoms with E-state index in [2.05, 4.69) is 21.9 Å². The molecule has 0 saturated carbocycles. The second-order valence-electron chi connectivity index (χ2n) is 6.25. The zero-order valence-corrected chi connectivity index (χ0v) is 12.4. The van der Waals surface area contributed by atoms with Crippen molar-refractivity contribution in [1.82, 2.24) is 14.9 Å². The minimum Gasteiger partial charge on any atom is -0.347 e. The summed E-state index contributed by atoms with van der Waals surface area (Å²) in [7, 11) is 5.98. The molecule has 0 N–H and O–H groups in total.